The lowest BCUT2D eigenvalue weighted by Crippen LogP contribution is -2.48. The first-order valence-corrected chi connectivity index (χ1v) is 7.91. The number of nitrogens with zero attached hydrogens (tertiary/aromatic N) is 2. The Morgan fingerprint density at radius 2 is 2.32 bits per heavy atom. The van der Waals surface area contributed by atoms with Gasteiger partial charge in [0.25, 0.3) is 5.69 Å². The van der Waals surface area contributed by atoms with E-state index in [4.69, 9.17) is 0 Å². The largest absolute Gasteiger partial charge is 0.324 e. The molecule has 0 spiro atoms. The van der Waals surface area contributed by atoms with Gasteiger partial charge in [-0.05, 0) is 19.4 Å². The third-order valence-corrected chi connectivity index (χ3v) is 5.58. The second-order valence-corrected chi connectivity index (χ2v) is 7.06. The van der Waals surface area contributed by atoms with Crippen molar-refractivity contribution in [2.75, 3.05) is 11.1 Å². The molecule has 22 heavy (non-hydrogen) atoms. The van der Waals surface area contributed by atoms with Crippen molar-refractivity contribution in [1.82, 2.24) is 4.90 Å². The van der Waals surface area contributed by atoms with Crippen LogP contribution in [0.15, 0.2) is 24.3 Å². The summed E-state index contributed by atoms with van der Waals surface area (Å²) in [5.74, 6) is 0.238. The lowest BCUT2D eigenvalue weighted by Gasteiger charge is -2.29. The third kappa shape index (κ3) is 2.43. The number of fused-ring (bicyclic) bond motifs is 1. The topological polar surface area (TPSA) is 92.6 Å². The number of benzene rings is 1. The first-order chi connectivity index (χ1) is 10.4. The van der Waals surface area contributed by atoms with Crippen molar-refractivity contribution < 1.29 is 14.5 Å². The summed E-state index contributed by atoms with van der Waals surface area (Å²) in [5.41, 5.74) is 0.283. The molecule has 116 valence electrons. The zero-order chi connectivity index (χ0) is 15.9. The van der Waals surface area contributed by atoms with E-state index in [0.717, 1.165) is 6.42 Å². The molecular weight excluding hydrogens is 306 g/mol. The highest BCUT2D eigenvalue weighted by atomic mass is 32.2. The van der Waals surface area contributed by atoms with E-state index in [-0.39, 0.29) is 22.4 Å². The first kappa shape index (κ1) is 14.8. The van der Waals surface area contributed by atoms with Crippen LogP contribution < -0.4 is 5.32 Å². The highest BCUT2D eigenvalue weighted by molar-refractivity contribution is 8.01. The second-order valence-electron chi connectivity index (χ2n) is 5.56. The first-order valence-electron chi connectivity index (χ1n) is 6.92. The number of hydrogen-bond acceptors (Lipinski definition) is 5. The Kier molecular flexibility index (Phi) is 3.56. The number of anilines is 1. The molecule has 1 aromatic rings. The van der Waals surface area contributed by atoms with E-state index in [1.807, 2.05) is 6.92 Å². The molecule has 2 aliphatic heterocycles. The van der Waals surface area contributed by atoms with Gasteiger partial charge in [-0.15, -0.1) is 11.8 Å². The predicted molar refractivity (Wildman–Crippen MR) is 82.5 cm³/mol. The molecule has 2 unspecified atom stereocenters. The van der Waals surface area contributed by atoms with Crippen LogP contribution in [0.25, 0.3) is 0 Å². The molecule has 2 atom stereocenters. The summed E-state index contributed by atoms with van der Waals surface area (Å²) in [6.45, 7) is 1.98. The van der Waals surface area contributed by atoms with Crippen molar-refractivity contribution in [2.24, 2.45) is 0 Å². The molecule has 2 heterocycles. The third-order valence-electron chi connectivity index (χ3n) is 4.07. The molecule has 1 N–H and O–H groups in total. The minimum atomic E-state index is -0.524. The normalized spacial score (nSPS) is 26.9. The Morgan fingerprint density at radius 3 is 3.05 bits per heavy atom. The summed E-state index contributed by atoms with van der Waals surface area (Å²) < 4.78 is 0. The van der Waals surface area contributed by atoms with Gasteiger partial charge in [0.1, 0.15) is 6.04 Å². The van der Waals surface area contributed by atoms with E-state index < -0.39 is 11.0 Å². The van der Waals surface area contributed by atoms with E-state index >= 15 is 0 Å². The van der Waals surface area contributed by atoms with Crippen LogP contribution in [-0.4, -0.2) is 38.3 Å². The smallest absolute Gasteiger partial charge is 0.271 e. The maximum absolute atomic E-state index is 12.4. The molecule has 3 rings (SSSR count). The lowest BCUT2D eigenvalue weighted by molar-refractivity contribution is -0.384. The Bertz CT molecular complexity index is 665. The van der Waals surface area contributed by atoms with Gasteiger partial charge in [-0.1, -0.05) is 6.07 Å². The number of nitrogens with one attached hydrogen (secondary N) is 1. The fourth-order valence-electron chi connectivity index (χ4n) is 2.94. The number of rotatable bonds is 3. The Balaban J connectivity index is 1.77. The molecule has 0 aromatic heterocycles. The van der Waals surface area contributed by atoms with Gasteiger partial charge < -0.3 is 10.2 Å². The monoisotopic (exact) mass is 321 g/mol. The van der Waals surface area contributed by atoms with Gasteiger partial charge in [-0.3, -0.25) is 19.7 Å². The van der Waals surface area contributed by atoms with Crippen molar-refractivity contribution >= 4 is 35.0 Å². The summed E-state index contributed by atoms with van der Waals surface area (Å²) >= 11 is 1.61. The number of carbonyl (C=O) groups is 2. The molecule has 0 saturated carbocycles. The zero-order valence-electron chi connectivity index (χ0n) is 11.9. The molecule has 2 amide bonds. The lowest BCUT2D eigenvalue weighted by atomic mass is 10.2. The van der Waals surface area contributed by atoms with E-state index in [1.54, 1.807) is 22.7 Å². The van der Waals surface area contributed by atoms with Gasteiger partial charge in [0.15, 0.2) is 0 Å². The average molecular weight is 321 g/mol. The number of nitro groups is 1. The average Bonchev–Trinajstić information content (AvgIpc) is 2.96. The molecule has 2 aliphatic rings. The number of carbonyl (C=O) groups excluding carboxylic acids is 2. The number of nitro benzene ring substituents is 1. The predicted octanol–water partition coefficient (Wildman–Crippen LogP) is 1.99. The summed E-state index contributed by atoms with van der Waals surface area (Å²) in [5, 5.41) is 13.4. The Labute approximate surface area is 131 Å². The number of hydrogen-bond donors (Lipinski definition) is 1. The number of thioether (sulfide) groups is 1. The van der Waals surface area contributed by atoms with Crippen molar-refractivity contribution in [2.45, 2.75) is 30.7 Å². The molecule has 8 heteroatoms. The standard InChI is InChI=1S/C14H15N3O4S/c1-14-6-5-12(18)16(14)11(8-22-14)13(19)15-9-3-2-4-10(7-9)17(20)21/h2-4,7,11H,5-6,8H2,1H3,(H,15,19). The molecule has 2 saturated heterocycles. The van der Waals surface area contributed by atoms with Crippen LogP contribution in [0.5, 0.6) is 0 Å². The summed E-state index contributed by atoms with van der Waals surface area (Å²) in [7, 11) is 0. The summed E-state index contributed by atoms with van der Waals surface area (Å²) in [6, 6.07) is 5.26. The molecule has 0 radical (unpaired) electrons. The van der Waals surface area contributed by atoms with Gasteiger partial charge in [0.05, 0.1) is 9.79 Å². The van der Waals surface area contributed by atoms with Gasteiger partial charge in [-0.2, -0.15) is 0 Å². The van der Waals surface area contributed by atoms with E-state index in [0.29, 0.717) is 17.9 Å². The van der Waals surface area contributed by atoms with Crippen LogP contribution in [0.3, 0.4) is 0 Å². The molecule has 0 aliphatic carbocycles. The second kappa shape index (κ2) is 5.28. The summed E-state index contributed by atoms with van der Waals surface area (Å²) in [4.78, 5) is 36.1. The van der Waals surface area contributed by atoms with Crippen molar-refractivity contribution in [3.8, 4) is 0 Å². The maximum atomic E-state index is 12.4. The highest BCUT2D eigenvalue weighted by Crippen LogP contribution is 2.47. The molecular formula is C14H15N3O4S. The number of amides is 2. The van der Waals surface area contributed by atoms with Crippen LogP contribution in [0.4, 0.5) is 11.4 Å². The molecule has 0 bridgehead atoms. The minimum absolute atomic E-state index is 0.00769. The van der Waals surface area contributed by atoms with E-state index in [9.17, 15) is 19.7 Å². The summed E-state index contributed by atoms with van der Waals surface area (Å²) in [6.07, 6.45) is 1.21. The van der Waals surface area contributed by atoms with Crippen LogP contribution in [0, 0.1) is 10.1 Å². The minimum Gasteiger partial charge on any atom is -0.324 e. The van der Waals surface area contributed by atoms with Crippen molar-refractivity contribution in [3.63, 3.8) is 0 Å². The van der Waals surface area contributed by atoms with Gasteiger partial charge >= 0.3 is 0 Å². The molecule has 2 fully saturated rings. The van der Waals surface area contributed by atoms with Crippen molar-refractivity contribution in [3.05, 3.63) is 34.4 Å². The fraction of sp³-hybridized carbons (Fsp3) is 0.429. The van der Waals surface area contributed by atoms with Crippen LogP contribution in [-0.2, 0) is 9.59 Å². The van der Waals surface area contributed by atoms with Gasteiger partial charge in [0, 0.05) is 30.0 Å². The quantitative estimate of drug-likeness (QED) is 0.679. The van der Waals surface area contributed by atoms with E-state index in [1.165, 1.54) is 18.2 Å². The van der Waals surface area contributed by atoms with Crippen LogP contribution >= 0.6 is 11.8 Å². The fourth-order valence-corrected chi connectivity index (χ4v) is 4.37. The molecule has 7 nitrogen and oxygen atoms in total. The zero-order valence-corrected chi connectivity index (χ0v) is 12.8. The molecule has 1 aromatic carbocycles. The van der Waals surface area contributed by atoms with E-state index in [2.05, 4.69) is 5.32 Å². The van der Waals surface area contributed by atoms with Crippen molar-refractivity contribution in [1.29, 1.82) is 0 Å². The van der Waals surface area contributed by atoms with Gasteiger partial charge in [-0.25, -0.2) is 0 Å². The van der Waals surface area contributed by atoms with Crippen LogP contribution in [0.2, 0.25) is 0 Å². The maximum Gasteiger partial charge on any atom is 0.271 e. The van der Waals surface area contributed by atoms with Gasteiger partial charge in [0.2, 0.25) is 11.8 Å². The highest BCUT2D eigenvalue weighted by Gasteiger charge is 2.52. The SMILES string of the molecule is CC12CCC(=O)N1C(C(=O)Nc1cccc([N+](=O)[O-])c1)CS2. The number of non-ortho nitro benzene ring substituents is 1. The Morgan fingerprint density at radius 1 is 1.55 bits per heavy atom. The Hall–Kier alpha value is -2.09. The van der Waals surface area contributed by atoms with Crippen LogP contribution in [0.1, 0.15) is 19.8 Å².